The van der Waals surface area contributed by atoms with Crippen molar-refractivity contribution in [1.82, 2.24) is 4.90 Å². The molecule has 1 fully saturated rings. The molecule has 0 saturated carbocycles. The standard InChI is InChI=1S/C21H22FN3O4/c22-15-5-1-2-6-16(15)23-20(26)14-25-13-19(21(27)24-9-11-28-12-10-24)29-18-8-4-3-7-17(18)25/h1-8,19H,9-14H2,(H,23,26)/t19-/m0/s1. The average Bonchev–Trinajstić information content (AvgIpc) is 2.75. The van der Waals surface area contributed by atoms with E-state index in [0.29, 0.717) is 32.1 Å². The molecule has 4 rings (SSSR count). The summed E-state index contributed by atoms with van der Waals surface area (Å²) in [6, 6.07) is 13.3. The van der Waals surface area contributed by atoms with Crippen molar-refractivity contribution in [2.24, 2.45) is 0 Å². The van der Waals surface area contributed by atoms with Crippen LogP contribution in [-0.2, 0) is 14.3 Å². The van der Waals surface area contributed by atoms with E-state index in [1.54, 1.807) is 28.0 Å². The first-order chi connectivity index (χ1) is 14.1. The maximum atomic E-state index is 13.8. The fraction of sp³-hybridized carbons (Fsp3) is 0.333. The van der Waals surface area contributed by atoms with Crippen LogP contribution in [0.4, 0.5) is 15.8 Å². The number of hydrogen-bond donors (Lipinski definition) is 1. The van der Waals surface area contributed by atoms with Crippen molar-refractivity contribution in [2.75, 3.05) is 49.6 Å². The minimum absolute atomic E-state index is 0.0262. The van der Waals surface area contributed by atoms with Gasteiger partial charge in [-0.3, -0.25) is 9.59 Å². The molecule has 0 aliphatic carbocycles. The lowest BCUT2D eigenvalue weighted by molar-refractivity contribution is -0.142. The molecule has 1 saturated heterocycles. The lowest BCUT2D eigenvalue weighted by Crippen LogP contribution is -2.53. The van der Waals surface area contributed by atoms with Crippen LogP contribution < -0.4 is 15.0 Å². The van der Waals surface area contributed by atoms with Crippen LogP contribution in [0.5, 0.6) is 5.75 Å². The van der Waals surface area contributed by atoms with Crippen LogP contribution >= 0.6 is 0 Å². The summed E-state index contributed by atoms with van der Waals surface area (Å²) in [5.74, 6) is -0.445. The third-order valence-corrected chi connectivity index (χ3v) is 4.94. The Morgan fingerprint density at radius 3 is 2.59 bits per heavy atom. The van der Waals surface area contributed by atoms with Crippen molar-refractivity contribution in [3.8, 4) is 5.75 Å². The largest absolute Gasteiger partial charge is 0.477 e. The van der Waals surface area contributed by atoms with Crippen LogP contribution in [0.3, 0.4) is 0 Å². The molecule has 2 aromatic rings. The van der Waals surface area contributed by atoms with Gasteiger partial charge < -0.3 is 24.6 Å². The van der Waals surface area contributed by atoms with Crippen LogP contribution in [0.15, 0.2) is 48.5 Å². The Kier molecular flexibility index (Phi) is 5.62. The summed E-state index contributed by atoms with van der Waals surface area (Å²) in [5.41, 5.74) is 0.849. The maximum Gasteiger partial charge on any atom is 0.265 e. The van der Waals surface area contributed by atoms with E-state index in [1.807, 2.05) is 18.2 Å². The minimum Gasteiger partial charge on any atom is -0.477 e. The summed E-state index contributed by atoms with van der Waals surface area (Å²) in [6.45, 7) is 2.26. The van der Waals surface area contributed by atoms with Gasteiger partial charge in [0.05, 0.1) is 37.7 Å². The van der Waals surface area contributed by atoms with E-state index in [-0.39, 0.29) is 30.6 Å². The zero-order chi connectivity index (χ0) is 20.2. The van der Waals surface area contributed by atoms with E-state index in [2.05, 4.69) is 5.32 Å². The van der Waals surface area contributed by atoms with Gasteiger partial charge >= 0.3 is 0 Å². The number of morpholine rings is 1. The molecule has 2 amide bonds. The topological polar surface area (TPSA) is 71.1 Å². The summed E-state index contributed by atoms with van der Waals surface area (Å²) in [5, 5.41) is 2.59. The fourth-order valence-electron chi connectivity index (χ4n) is 3.50. The average molecular weight is 399 g/mol. The van der Waals surface area contributed by atoms with Gasteiger partial charge in [-0.25, -0.2) is 4.39 Å². The van der Waals surface area contributed by atoms with Gasteiger partial charge in [-0.2, -0.15) is 0 Å². The molecule has 7 nitrogen and oxygen atoms in total. The predicted molar refractivity (Wildman–Crippen MR) is 105 cm³/mol. The highest BCUT2D eigenvalue weighted by atomic mass is 19.1. The van der Waals surface area contributed by atoms with Gasteiger partial charge in [-0.05, 0) is 24.3 Å². The van der Waals surface area contributed by atoms with Gasteiger partial charge in [0.1, 0.15) is 11.6 Å². The fourth-order valence-corrected chi connectivity index (χ4v) is 3.50. The summed E-state index contributed by atoms with van der Waals surface area (Å²) >= 11 is 0. The number of anilines is 2. The highest BCUT2D eigenvalue weighted by Gasteiger charge is 2.34. The first-order valence-corrected chi connectivity index (χ1v) is 9.53. The Bertz CT molecular complexity index is 901. The second-order valence-electron chi connectivity index (χ2n) is 6.92. The van der Waals surface area contributed by atoms with Gasteiger partial charge in [-0.15, -0.1) is 0 Å². The predicted octanol–water partition coefficient (Wildman–Crippen LogP) is 1.89. The molecule has 8 heteroatoms. The van der Waals surface area contributed by atoms with Crippen molar-refractivity contribution in [3.05, 3.63) is 54.3 Å². The lowest BCUT2D eigenvalue weighted by Gasteiger charge is -2.38. The Morgan fingerprint density at radius 2 is 1.79 bits per heavy atom. The van der Waals surface area contributed by atoms with Gasteiger partial charge in [0.25, 0.3) is 5.91 Å². The first-order valence-electron chi connectivity index (χ1n) is 9.53. The smallest absolute Gasteiger partial charge is 0.265 e. The van der Waals surface area contributed by atoms with Crippen molar-refractivity contribution in [2.45, 2.75) is 6.10 Å². The minimum atomic E-state index is -0.718. The molecule has 0 bridgehead atoms. The van der Waals surface area contributed by atoms with Gasteiger partial charge in [0.2, 0.25) is 5.91 Å². The highest BCUT2D eigenvalue weighted by Crippen LogP contribution is 2.33. The summed E-state index contributed by atoms with van der Waals surface area (Å²) in [4.78, 5) is 29.0. The molecule has 0 spiro atoms. The number of amides is 2. The molecule has 152 valence electrons. The number of rotatable bonds is 4. The molecule has 29 heavy (non-hydrogen) atoms. The molecular formula is C21H22FN3O4. The van der Waals surface area contributed by atoms with Gasteiger partial charge in [-0.1, -0.05) is 24.3 Å². The maximum absolute atomic E-state index is 13.8. The van der Waals surface area contributed by atoms with E-state index >= 15 is 0 Å². The number of para-hydroxylation sites is 3. The van der Waals surface area contributed by atoms with Gasteiger partial charge in [0, 0.05) is 13.1 Å². The molecule has 2 aliphatic heterocycles. The first kappa shape index (κ1) is 19.2. The number of fused-ring (bicyclic) bond motifs is 1. The van der Waals surface area contributed by atoms with Crippen molar-refractivity contribution < 1.29 is 23.5 Å². The van der Waals surface area contributed by atoms with Crippen LogP contribution in [0.25, 0.3) is 0 Å². The third-order valence-electron chi connectivity index (χ3n) is 4.94. The van der Waals surface area contributed by atoms with Crippen molar-refractivity contribution >= 4 is 23.2 Å². The monoisotopic (exact) mass is 399 g/mol. The number of nitrogens with zero attached hydrogens (tertiary/aromatic N) is 2. The number of carbonyl (C=O) groups is 2. The van der Waals surface area contributed by atoms with Gasteiger partial charge in [0.15, 0.2) is 6.10 Å². The van der Waals surface area contributed by atoms with E-state index in [4.69, 9.17) is 9.47 Å². The SMILES string of the molecule is O=C(CN1C[C@@H](C(=O)N2CCOCC2)Oc2ccccc21)Nc1ccccc1F. The number of hydrogen-bond acceptors (Lipinski definition) is 5. The molecule has 0 unspecified atom stereocenters. The number of halogens is 1. The van der Waals surface area contributed by atoms with Crippen LogP contribution in [0, 0.1) is 5.82 Å². The molecule has 1 atom stereocenters. The van der Waals surface area contributed by atoms with Crippen LogP contribution in [0.1, 0.15) is 0 Å². The van der Waals surface area contributed by atoms with Crippen LogP contribution in [0.2, 0.25) is 0 Å². The third kappa shape index (κ3) is 4.32. The zero-order valence-corrected chi connectivity index (χ0v) is 15.8. The second kappa shape index (κ2) is 8.48. The van der Waals surface area contributed by atoms with Crippen LogP contribution in [-0.4, -0.2) is 62.2 Å². The molecule has 2 heterocycles. The number of carbonyl (C=O) groups excluding carboxylic acids is 2. The molecule has 2 aliphatic rings. The number of benzene rings is 2. The number of ether oxygens (including phenoxy) is 2. The van der Waals surface area contributed by atoms with E-state index in [9.17, 15) is 14.0 Å². The van der Waals surface area contributed by atoms with Crippen molar-refractivity contribution in [3.63, 3.8) is 0 Å². The van der Waals surface area contributed by atoms with E-state index in [0.717, 1.165) is 5.69 Å². The normalized spacial score (nSPS) is 18.6. The molecule has 2 aromatic carbocycles. The Morgan fingerprint density at radius 1 is 1.07 bits per heavy atom. The Balaban J connectivity index is 1.49. The summed E-state index contributed by atoms with van der Waals surface area (Å²) in [6.07, 6.45) is -0.718. The lowest BCUT2D eigenvalue weighted by atomic mass is 10.1. The van der Waals surface area contributed by atoms with Crippen molar-refractivity contribution in [1.29, 1.82) is 0 Å². The van der Waals surface area contributed by atoms with E-state index in [1.165, 1.54) is 12.1 Å². The molecule has 0 aromatic heterocycles. The zero-order valence-electron chi connectivity index (χ0n) is 15.8. The molecular weight excluding hydrogens is 377 g/mol. The molecule has 1 N–H and O–H groups in total. The Labute approximate surface area is 168 Å². The second-order valence-corrected chi connectivity index (χ2v) is 6.92. The quantitative estimate of drug-likeness (QED) is 0.850. The van der Waals surface area contributed by atoms with E-state index < -0.39 is 11.9 Å². The summed E-state index contributed by atoms with van der Waals surface area (Å²) in [7, 11) is 0. The molecule has 0 radical (unpaired) electrons. The highest BCUT2D eigenvalue weighted by molar-refractivity contribution is 5.95. The Hall–Kier alpha value is -3.13. The summed E-state index contributed by atoms with van der Waals surface area (Å²) < 4.78 is 25.1. The number of nitrogens with one attached hydrogen (secondary N) is 1.